The molecule has 2 nitrogen and oxygen atoms in total. The summed E-state index contributed by atoms with van der Waals surface area (Å²) >= 11 is 16.4. The van der Waals surface area contributed by atoms with Crippen molar-refractivity contribution >= 4 is 46.5 Å². The van der Waals surface area contributed by atoms with Crippen LogP contribution < -0.4 is 0 Å². The van der Waals surface area contributed by atoms with Gasteiger partial charge in [-0.1, -0.05) is 79.0 Å². The standard InChI is InChI=1S/C13H13Cl3O2/c1-9(2)8-11(10-6-4-3-5-7-10)18-12(17)13(14,15)16/h3-9H,1-2H3/b11-8-. The molecule has 0 heterocycles. The number of hydrogen-bond acceptors (Lipinski definition) is 2. The van der Waals surface area contributed by atoms with Gasteiger partial charge in [0.15, 0.2) is 0 Å². The summed E-state index contributed by atoms with van der Waals surface area (Å²) < 4.78 is 3.06. The van der Waals surface area contributed by atoms with Crippen molar-refractivity contribution in [1.82, 2.24) is 0 Å². The largest absolute Gasteiger partial charge is 0.423 e. The molecule has 0 aromatic heterocycles. The van der Waals surface area contributed by atoms with Gasteiger partial charge >= 0.3 is 5.97 Å². The Balaban J connectivity index is 2.99. The number of carbonyl (C=O) groups is 1. The molecule has 0 aliphatic rings. The second-order valence-corrected chi connectivity index (χ2v) is 6.31. The monoisotopic (exact) mass is 306 g/mol. The molecule has 0 radical (unpaired) electrons. The molecule has 0 N–H and O–H groups in total. The van der Waals surface area contributed by atoms with Gasteiger partial charge in [-0.2, -0.15) is 0 Å². The smallest absolute Gasteiger partial charge is 0.363 e. The number of hydrogen-bond donors (Lipinski definition) is 0. The third-order valence-electron chi connectivity index (χ3n) is 1.98. The van der Waals surface area contributed by atoms with Gasteiger partial charge in [0, 0.05) is 5.56 Å². The maximum absolute atomic E-state index is 11.6. The first-order valence-corrected chi connectivity index (χ1v) is 6.50. The Labute approximate surface area is 121 Å². The lowest BCUT2D eigenvalue weighted by Gasteiger charge is -2.14. The van der Waals surface area contributed by atoms with Crippen molar-refractivity contribution < 1.29 is 9.53 Å². The van der Waals surface area contributed by atoms with E-state index < -0.39 is 9.76 Å². The molecule has 18 heavy (non-hydrogen) atoms. The molecular formula is C13H13Cl3O2. The van der Waals surface area contributed by atoms with E-state index in [0.717, 1.165) is 5.56 Å². The summed E-state index contributed by atoms with van der Waals surface area (Å²) in [5, 5.41) is 0. The second-order valence-electron chi connectivity index (χ2n) is 4.03. The zero-order chi connectivity index (χ0) is 13.8. The Morgan fingerprint density at radius 3 is 2.22 bits per heavy atom. The molecule has 0 aliphatic carbocycles. The molecule has 0 bridgehead atoms. The van der Waals surface area contributed by atoms with Gasteiger partial charge in [-0.15, -0.1) is 0 Å². The van der Waals surface area contributed by atoms with Crippen molar-refractivity contribution in [3.05, 3.63) is 42.0 Å². The molecule has 0 unspecified atom stereocenters. The molecule has 1 aromatic carbocycles. The molecule has 1 rings (SSSR count). The average molecular weight is 308 g/mol. The third kappa shape index (κ3) is 4.89. The maximum atomic E-state index is 11.6. The first kappa shape index (κ1) is 15.4. The van der Waals surface area contributed by atoms with E-state index >= 15 is 0 Å². The van der Waals surface area contributed by atoms with Crippen molar-refractivity contribution in [3.63, 3.8) is 0 Å². The lowest BCUT2D eigenvalue weighted by atomic mass is 10.1. The minimum Gasteiger partial charge on any atom is -0.423 e. The fourth-order valence-corrected chi connectivity index (χ4v) is 1.37. The second kappa shape index (κ2) is 6.46. The van der Waals surface area contributed by atoms with Crippen LogP contribution in [-0.2, 0) is 9.53 Å². The molecule has 1 aromatic rings. The zero-order valence-corrected chi connectivity index (χ0v) is 12.3. The lowest BCUT2D eigenvalue weighted by Crippen LogP contribution is -2.21. The van der Waals surface area contributed by atoms with E-state index in [2.05, 4.69) is 0 Å². The summed E-state index contributed by atoms with van der Waals surface area (Å²) in [7, 11) is 0. The number of carbonyl (C=O) groups excluding carboxylic acids is 1. The number of alkyl halides is 3. The Bertz CT molecular complexity index is 433. The number of benzene rings is 1. The summed E-state index contributed by atoms with van der Waals surface area (Å²) in [6.07, 6.45) is 1.80. The number of rotatable bonds is 3. The number of ether oxygens (including phenoxy) is 1. The average Bonchev–Trinajstić information content (AvgIpc) is 2.27. The third-order valence-corrected chi connectivity index (χ3v) is 2.44. The topological polar surface area (TPSA) is 26.3 Å². The fraction of sp³-hybridized carbons (Fsp3) is 0.308. The van der Waals surface area contributed by atoms with Crippen LogP contribution in [0.15, 0.2) is 36.4 Å². The number of allylic oxidation sites excluding steroid dienone is 1. The Morgan fingerprint density at radius 1 is 1.22 bits per heavy atom. The van der Waals surface area contributed by atoms with E-state index in [1.807, 2.05) is 44.2 Å². The van der Waals surface area contributed by atoms with Gasteiger partial charge < -0.3 is 4.74 Å². The van der Waals surface area contributed by atoms with E-state index in [-0.39, 0.29) is 5.92 Å². The molecule has 98 valence electrons. The first-order chi connectivity index (χ1) is 8.30. The first-order valence-electron chi connectivity index (χ1n) is 5.37. The van der Waals surface area contributed by atoms with Gasteiger partial charge in [-0.25, -0.2) is 4.79 Å². The molecule has 0 saturated carbocycles. The van der Waals surface area contributed by atoms with Gasteiger partial charge in [0.05, 0.1) is 0 Å². The quantitative estimate of drug-likeness (QED) is 0.463. The molecule has 0 spiro atoms. The summed E-state index contributed by atoms with van der Waals surface area (Å²) in [6, 6.07) is 9.19. The lowest BCUT2D eigenvalue weighted by molar-refractivity contribution is -0.135. The van der Waals surface area contributed by atoms with Crippen LogP contribution in [0, 0.1) is 5.92 Å². The van der Waals surface area contributed by atoms with Gasteiger partial charge in [0.1, 0.15) is 5.76 Å². The zero-order valence-electron chi connectivity index (χ0n) is 9.99. The van der Waals surface area contributed by atoms with Crippen LogP contribution in [-0.4, -0.2) is 9.76 Å². The van der Waals surface area contributed by atoms with Gasteiger partial charge in [-0.05, 0) is 12.0 Å². The summed E-state index contributed by atoms with van der Waals surface area (Å²) in [6.45, 7) is 3.93. The summed E-state index contributed by atoms with van der Waals surface area (Å²) in [5.41, 5.74) is 0.758. The fourth-order valence-electron chi connectivity index (χ4n) is 1.25. The minimum absolute atomic E-state index is 0.198. The highest BCUT2D eigenvalue weighted by Gasteiger charge is 2.33. The van der Waals surface area contributed by atoms with Crippen LogP contribution in [0.5, 0.6) is 0 Å². The number of esters is 1. The maximum Gasteiger partial charge on any atom is 0.363 e. The van der Waals surface area contributed by atoms with Gasteiger partial charge in [0.2, 0.25) is 0 Å². The van der Waals surface area contributed by atoms with E-state index in [1.165, 1.54) is 0 Å². The minimum atomic E-state index is -2.08. The van der Waals surface area contributed by atoms with Crippen LogP contribution >= 0.6 is 34.8 Å². The van der Waals surface area contributed by atoms with Gasteiger partial charge in [-0.3, -0.25) is 0 Å². The molecule has 5 heteroatoms. The van der Waals surface area contributed by atoms with Crippen LogP contribution in [0.4, 0.5) is 0 Å². The van der Waals surface area contributed by atoms with Crippen LogP contribution in [0.3, 0.4) is 0 Å². The normalized spacial score (nSPS) is 12.7. The van der Waals surface area contributed by atoms with E-state index in [0.29, 0.717) is 5.76 Å². The van der Waals surface area contributed by atoms with Crippen LogP contribution in [0.25, 0.3) is 5.76 Å². The molecule has 0 atom stereocenters. The van der Waals surface area contributed by atoms with Crippen LogP contribution in [0.2, 0.25) is 0 Å². The highest BCUT2D eigenvalue weighted by Crippen LogP contribution is 2.30. The van der Waals surface area contributed by atoms with Crippen molar-refractivity contribution in [2.45, 2.75) is 17.6 Å². The Hall–Kier alpha value is -0.700. The SMILES string of the molecule is CC(C)/C=C(\OC(=O)C(Cl)(Cl)Cl)c1ccccc1. The predicted molar refractivity (Wildman–Crippen MR) is 75.6 cm³/mol. The summed E-state index contributed by atoms with van der Waals surface area (Å²) in [5.74, 6) is -0.325. The molecule has 0 aliphatic heterocycles. The Morgan fingerprint density at radius 2 is 1.78 bits per heavy atom. The van der Waals surface area contributed by atoms with Crippen molar-refractivity contribution in [2.75, 3.05) is 0 Å². The van der Waals surface area contributed by atoms with Crippen molar-refractivity contribution in [2.24, 2.45) is 5.92 Å². The van der Waals surface area contributed by atoms with E-state index in [9.17, 15) is 4.79 Å². The number of halogens is 3. The highest BCUT2D eigenvalue weighted by atomic mass is 35.6. The molecular weight excluding hydrogens is 295 g/mol. The summed E-state index contributed by atoms with van der Waals surface area (Å²) in [4.78, 5) is 11.6. The van der Waals surface area contributed by atoms with Gasteiger partial charge in [0.25, 0.3) is 3.79 Å². The predicted octanol–water partition coefficient (Wildman–Crippen LogP) is 4.60. The molecule has 0 amide bonds. The van der Waals surface area contributed by atoms with Crippen molar-refractivity contribution in [1.29, 1.82) is 0 Å². The Kier molecular flexibility index (Phi) is 5.51. The van der Waals surface area contributed by atoms with E-state index in [4.69, 9.17) is 39.5 Å². The molecule has 0 fully saturated rings. The van der Waals surface area contributed by atoms with Crippen LogP contribution in [0.1, 0.15) is 19.4 Å². The van der Waals surface area contributed by atoms with E-state index in [1.54, 1.807) is 6.08 Å². The molecule has 0 saturated heterocycles. The highest BCUT2D eigenvalue weighted by molar-refractivity contribution is 6.75. The van der Waals surface area contributed by atoms with Crippen molar-refractivity contribution in [3.8, 4) is 0 Å².